The molecule has 0 spiro atoms. The first-order valence-corrected chi connectivity index (χ1v) is 7.72. The number of hydrogen-bond donors (Lipinski definition) is 1. The summed E-state index contributed by atoms with van der Waals surface area (Å²) in [5, 5.41) is 3.70. The first-order chi connectivity index (χ1) is 8.24. The molecule has 2 fully saturated rings. The number of rotatable bonds is 5. The van der Waals surface area contributed by atoms with Gasteiger partial charge in [-0.15, -0.1) is 0 Å². The van der Waals surface area contributed by atoms with Gasteiger partial charge in [0.05, 0.1) is 0 Å². The van der Waals surface area contributed by atoms with E-state index in [1.54, 1.807) is 0 Å². The summed E-state index contributed by atoms with van der Waals surface area (Å²) in [6, 6.07) is 1.38. The van der Waals surface area contributed by atoms with E-state index in [-0.39, 0.29) is 0 Å². The highest BCUT2D eigenvalue weighted by atomic mass is 15.2. The number of piperidine rings is 1. The first-order valence-electron chi connectivity index (χ1n) is 7.72. The maximum Gasteiger partial charge on any atom is 0.0197 e. The van der Waals surface area contributed by atoms with Crippen molar-refractivity contribution < 1.29 is 0 Å². The van der Waals surface area contributed by atoms with Gasteiger partial charge in [-0.1, -0.05) is 39.5 Å². The Morgan fingerprint density at radius 2 is 1.88 bits per heavy atom. The van der Waals surface area contributed by atoms with Crippen LogP contribution < -0.4 is 5.32 Å². The van der Waals surface area contributed by atoms with Gasteiger partial charge in [0.25, 0.3) is 0 Å². The Labute approximate surface area is 107 Å². The second kappa shape index (κ2) is 6.75. The summed E-state index contributed by atoms with van der Waals surface area (Å²) < 4.78 is 0. The summed E-state index contributed by atoms with van der Waals surface area (Å²) >= 11 is 0. The highest BCUT2D eigenvalue weighted by Crippen LogP contribution is 2.27. The summed E-state index contributed by atoms with van der Waals surface area (Å²) in [6.45, 7) is 8.49. The molecule has 1 aliphatic carbocycles. The quantitative estimate of drug-likeness (QED) is 0.792. The molecule has 1 aliphatic heterocycles. The summed E-state index contributed by atoms with van der Waals surface area (Å²) in [6.07, 6.45) is 10.2. The molecule has 1 N–H and O–H groups in total. The first kappa shape index (κ1) is 13.4. The van der Waals surface area contributed by atoms with Gasteiger partial charge in [-0.2, -0.15) is 0 Å². The van der Waals surface area contributed by atoms with Gasteiger partial charge in [0.15, 0.2) is 0 Å². The van der Waals surface area contributed by atoms with Gasteiger partial charge in [0.2, 0.25) is 0 Å². The molecule has 17 heavy (non-hydrogen) atoms. The van der Waals surface area contributed by atoms with Crippen LogP contribution in [-0.2, 0) is 0 Å². The second-order valence-electron chi connectivity index (χ2n) is 6.40. The van der Waals surface area contributed by atoms with E-state index in [0.29, 0.717) is 6.04 Å². The van der Waals surface area contributed by atoms with E-state index in [9.17, 15) is 0 Å². The molecule has 2 heteroatoms. The molecule has 0 aromatic rings. The number of hydrogen-bond acceptors (Lipinski definition) is 2. The Balaban J connectivity index is 1.65. The standard InChI is InChI=1S/C15H30N2/c1-13(2)16-15-8-5-10-17(12-15)11-9-14-6-3-4-7-14/h13-16H,3-12H2,1-2H3. The van der Waals surface area contributed by atoms with Crippen LogP contribution in [0.2, 0.25) is 0 Å². The van der Waals surface area contributed by atoms with E-state index >= 15 is 0 Å². The maximum atomic E-state index is 3.70. The predicted molar refractivity (Wildman–Crippen MR) is 74.3 cm³/mol. The van der Waals surface area contributed by atoms with Gasteiger partial charge in [-0.05, 0) is 38.3 Å². The van der Waals surface area contributed by atoms with Crippen molar-refractivity contribution in [2.75, 3.05) is 19.6 Å². The minimum atomic E-state index is 0.634. The topological polar surface area (TPSA) is 15.3 Å². The lowest BCUT2D eigenvalue weighted by Crippen LogP contribution is -2.48. The zero-order valence-electron chi connectivity index (χ0n) is 11.8. The minimum absolute atomic E-state index is 0.634. The molecule has 0 radical (unpaired) electrons. The number of likely N-dealkylation sites (tertiary alicyclic amines) is 1. The van der Waals surface area contributed by atoms with Crippen molar-refractivity contribution in [3.05, 3.63) is 0 Å². The summed E-state index contributed by atoms with van der Waals surface area (Å²) in [5.41, 5.74) is 0. The molecule has 0 amide bonds. The minimum Gasteiger partial charge on any atom is -0.311 e. The van der Waals surface area contributed by atoms with Gasteiger partial charge in [0.1, 0.15) is 0 Å². The molecule has 2 nitrogen and oxygen atoms in total. The van der Waals surface area contributed by atoms with Gasteiger partial charge in [-0.25, -0.2) is 0 Å². The third-order valence-electron chi connectivity index (χ3n) is 4.40. The monoisotopic (exact) mass is 238 g/mol. The molecule has 2 rings (SSSR count). The third kappa shape index (κ3) is 4.59. The van der Waals surface area contributed by atoms with Crippen molar-refractivity contribution in [3.8, 4) is 0 Å². The van der Waals surface area contributed by atoms with E-state index in [1.807, 2.05) is 0 Å². The molecule has 0 aromatic heterocycles. The summed E-state index contributed by atoms with van der Waals surface area (Å²) in [7, 11) is 0. The Bertz CT molecular complexity index is 209. The Kier molecular flexibility index (Phi) is 5.30. The number of nitrogens with zero attached hydrogens (tertiary/aromatic N) is 1. The lowest BCUT2D eigenvalue weighted by atomic mass is 10.0. The number of nitrogens with one attached hydrogen (secondary N) is 1. The lowest BCUT2D eigenvalue weighted by Gasteiger charge is -2.34. The highest BCUT2D eigenvalue weighted by Gasteiger charge is 2.21. The molecule has 2 aliphatic rings. The van der Waals surface area contributed by atoms with Crippen molar-refractivity contribution in [1.29, 1.82) is 0 Å². The Morgan fingerprint density at radius 1 is 1.12 bits per heavy atom. The van der Waals surface area contributed by atoms with Crippen molar-refractivity contribution in [1.82, 2.24) is 10.2 Å². The Morgan fingerprint density at radius 3 is 2.59 bits per heavy atom. The van der Waals surface area contributed by atoms with Gasteiger partial charge in [0, 0.05) is 18.6 Å². The van der Waals surface area contributed by atoms with Crippen molar-refractivity contribution in [2.24, 2.45) is 5.92 Å². The molecular formula is C15H30N2. The Hall–Kier alpha value is -0.0800. The van der Waals surface area contributed by atoms with Crippen LogP contribution in [-0.4, -0.2) is 36.6 Å². The van der Waals surface area contributed by atoms with Crippen LogP contribution in [0.15, 0.2) is 0 Å². The molecule has 100 valence electrons. The molecule has 1 atom stereocenters. The lowest BCUT2D eigenvalue weighted by molar-refractivity contribution is 0.175. The molecule has 0 aromatic carbocycles. The second-order valence-corrected chi connectivity index (χ2v) is 6.40. The average Bonchev–Trinajstić information content (AvgIpc) is 2.79. The van der Waals surface area contributed by atoms with E-state index in [0.717, 1.165) is 12.0 Å². The maximum absolute atomic E-state index is 3.70. The molecule has 1 unspecified atom stereocenters. The van der Waals surface area contributed by atoms with Crippen molar-refractivity contribution >= 4 is 0 Å². The van der Waals surface area contributed by atoms with Crippen LogP contribution in [0.4, 0.5) is 0 Å². The van der Waals surface area contributed by atoms with Gasteiger partial charge < -0.3 is 10.2 Å². The van der Waals surface area contributed by atoms with E-state index in [2.05, 4.69) is 24.1 Å². The third-order valence-corrected chi connectivity index (χ3v) is 4.40. The van der Waals surface area contributed by atoms with E-state index in [4.69, 9.17) is 0 Å². The van der Waals surface area contributed by atoms with Crippen LogP contribution in [0.3, 0.4) is 0 Å². The van der Waals surface area contributed by atoms with Crippen LogP contribution in [0, 0.1) is 5.92 Å². The molecular weight excluding hydrogens is 208 g/mol. The summed E-state index contributed by atoms with van der Waals surface area (Å²) in [5.74, 6) is 1.05. The predicted octanol–water partition coefficient (Wildman–Crippen LogP) is 3.03. The van der Waals surface area contributed by atoms with Crippen LogP contribution in [0.5, 0.6) is 0 Å². The van der Waals surface area contributed by atoms with Crippen LogP contribution in [0.25, 0.3) is 0 Å². The fourth-order valence-electron chi connectivity index (χ4n) is 3.53. The van der Waals surface area contributed by atoms with Crippen LogP contribution in [0.1, 0.15) is 58.8 Å². The summed E-state index contributed by atoms with van der Waals surface area (Å²) in [4.78, 5) is 2.70. The molecule has 1 saturated carbocycles. The zero-order valence-corrected chi connectivity index (χ0v) is 11.8. The highest BCUT2D eigenvalue weighted by molar-refractivity contribution is 4.80. The normalized spacial score (nSPS) is 28.1. The largest absolute Gasteiger partial charge is 0.311 e. The molecule has 0 bridgehead atoms. The fraction of sp³-hybridized carbons (Fsp3) is 1.00. The SMILES string of the molecule is CC(C)NC1CCCN(CCC2CCCC2)C1. The van der Waals surface area contributed by atoms with E-state index < -0.39 is 0 Å². The molecule has 1 saturated heterocycles. The van der Waals surface area contributed by atoms with Gasteiger partial charge >= 0.3 is 0 Å². The fourth-order valence-corrected chi connectivity index (χ4v) is 3.53. The van der Waals surface area contributed by atoms with E-state index in [1.165, 1.54) is 64.6 Å². The smallest absolute Gasteiger partial charge is 0.0197 e. The van der Waals surface area contributed by atoms with Crippen molar-refractivity contribution in [2.45, 2.75) is 70.9 Å². The van der Waals surface area contributed by atoms with Crippen molar-refractivity contribution in [3.63, 3.8) is 0 Å². The van der Waals surface area contributed by atoms with Crippen LogP contribution >= 0.6 is 0 Å². The zero-order chi connectivity index (χ0) is 12.1. The molecule has 1 heterocycles. The average molecular weight is 238 g/mol. The van der Waals surface area contributed by atoms with Gasteiger partial charge in [-0.3, -0.25) is 0 Å².